The molecule has 38 heavy (non-hydrogen) atoms. The van der Waals surface area contributed by atoms with Crippen LogP contribution in [0, 0.1) is 10.1 Å². The van der Waals surface area contributed by atoms with Crippen molar-refractivity contribution in [3.63, 3.8) is 0 Å². The van der Waals surface area contributed by atoms with E-state index < -0.39 is 40.9 Å². The molecule has 4 rings (SSSR count). The van der Waals surface area contributed by atoms with Crippen molar-refractivity contribution in [1.29, 1.82) is 0 Å². The van der Waals surface area contributed by atoms with E-state index in [4.69, 9.17) is 4.74 Å². The molecule has 0 aromatic heterocycles. The number of benzene rings is 3. The Kier molecular flexibility index (Phi) is 7.61. The summed E-state index contributed by atoms with van der Waals surface area (Å²) in [6.07, 6.45) is -5.11. The topological polar surface area (TPSA) is 89.8 Å². The minimum absolute atomic E-state index is 0.0670. The lowest BCUT2D eigenvalue weighted by Gasteiger charge is -2.35. The van der Waals surface area contributed by atoms with Crippen LogP contribution in [0.3, 0.4) is 0 Å². The van der Waals surface area contributed by atoms with Crippen molar-refractivity contribution in [2.45, 2.75) is 38.6 Å². The number of carbonyl (C=O) groups excluding carboxylic acids is 2. The van der Waals surface area contributed by atoms with Crippen LogP contribution in [0.25, 0.3) is 0 Å². The fraction of sp³-hybridized carbons (Fsp3) is 0.214. The monoisotopic (exact) mass is 524 g/mol. The molecule has 1 unspecified atom stereocenters. The third kappa shape index (κ3) is 5.74. The van der Waals surface area contributed by atoms with Crippen molar-refractivity contribution >= 4 is 17.6 Å². The predicted molar refractivity (Wildman–Crippen MR) is 131 cm³/mol. The van der Waals surface area contributed by atoms with Gasteiger partial charge in [-0.25, -0.2) is 4.79 Å². The fourth-order valence-electron chi connectivity index (χ4n) is 4.54. The highest BCUT2D eigenvalue weighted by atomic mass is 19.4. The number of ether oxygens (including phenoxy) is 1. The number of esters is 1. The molecule has 0 aliphatic carbocycles. The van der Waals surface area contributed by atoms with E-state index in [9.17, 15) is 32.9 Å². The summed E-state index contributed by atoms with van der Waals surface area (Å²) in [7, 11) is 0. The number of halogens is 3. The first-order valence-electron chi connectivity index (χ1n) is 11.7. The number of non-ortho nitro benzene ring substituents is 1. The highest BCUT2D eigenvalue weighted by Gasteiger charge is 2.42. The SMILES string of the molecule is CC1=C(C(=O)OCc2ccccc2)C(c2ccccc2C(F)(F)F)CC(=O)N1Cc1cccc([N+](=O)[O-])c1. The van der Waals surface area contributed by atoms with Gasteiger partial charge in [-0.3, -0.25) is 14.9 Å². The number of amides is 1. The van der Waals surface area contributed by atoms with E-state index in [1.165, 1.54) is 48.2 Å². The fourth-order valence-corrected chi connectivity index (χ4v) is 4.54. The molecule has 0 radical (unpaired) electrons. The highest BCUT2D eigenvalue weighted by Crippen LogP contribution is 2.43. The first-order valence-corrected chi connectivity index (χ1v) is 11.7. The van der Waals surface area contributed by atoms with E-state index in [0.29, 0.717) is 11.1 Å². The van der Waals surface area contributed by atoms with Gasteiger partial charge >= 0.3 is 12.1 Å². The lowest BCUT2D eigenvalue weighted by Crippen LogP contribution is -2.38. The number of carbonyl (C=O) groups is 2. The number of hydrogen-bond acceptors (Lipinski definition) is 5. The van der Waals surface area contributed by atoms with Gasteiger partial charge < -0.3 is 9.64 Å². The van der Waals surface area contributed by atoms with Crippen LogP contribution >= 0.6 is 0 Å². The van der Waals surface area contributed by atoms with Gasteiger partial charge in [-0.1, -0.05) is 60.7 Å². The summed E-state index contributed by atoms with van der Waals surface area (Å²) in [5, 5.41) is 11.2. The maximum atomic E-state index is 13.9. The Labute approximate surface area is 216 Å². The molecule has 7 nitrogen and oxygen atoms in total. The second-order valence-electron chi connectivity index (χ2n) is 8.81. The van der Waals surface area contributed by atoms with Crippen LogP contribution in [0.5, 0.6) is 0 Å². The Morgan fingerprint density at radius 3 is 2.37 bits per heavy atom. The summed E-state index contributed by atoms with van der Waals surface area (Å²) in [5.41, 5.74) is -0.131. The second-order valence-corrected chi connectivity index (χ2v) is 8.81. The van der Waals surface area contributed by atoms with Crippen LogP contribution in [0.4, 0.5) is 18.9 Å². The predicted octanol–water partition coefficient (Wildman–Crippen LogP) is 6.15. The molecule has 3 aromatic carbocycles. The molecular formula is C28H23F3N2O5. The van der Waals surface area contributed by atoms with Crippen molar-refractivity contribution in [3.8, 4) is 0 Å². The van der Waals surface area contributed by atoms with Crippen molar-refractivity contribution < 1.29 is 32.4 Å². The minimum atomic E-state index is -4.70. The Balaban J connectivity index is 1.76. The average Bonchev–Trinajstić information content (AvgIpc) is 2.89. The number of allylic oxidation sites excluding steroid dienone is 1. The van der Waals surface area contributed by atoms with Gasteiger partial charge in [-0.2, -0.15) is 13.2 Å². The number of rotatable bonds is 7. The van der Waals surface area contributed by atoms with Crippen LogP contribution in [0.15, 0.2) is 90.1 Å². The zero-order chi connectivity index (χ0) is 27.4. The van der Waals surface area contributed by atoms with Crippen molar-refractivity contribution in [2.75, 3.05) is 0 Å². The lowest BCUT2D eigenvalue weighted by molar-refractivity contribution is -0.384. The number of nitrogens with zero attached hydrogens (tertiary/aromatic N) is 2. The van der Waals surface area contributed by atoms with Gasteiger partial charge in [-0.05, 0) is 29.7 Å². The Morgan fingerprint density at radius 1 is 1.03 bits per heavy atom. The van der Waals surface area contributed by atoms with E-state index in [1.807, 2.05) is 0 Å². The average molecular weight is 524 g/mol. The number of alkyl halides is 3. The first kappa shape index (κ1) is 26.6. The van der Waals surface area contributed by atoms with Crippen molar-refractivity contribution in [1.82, 2.24) is 4.90 Å². The molecule has 10 heteroatoms. The maximum absolute atomic E-state index is 13.9. The van der Waals surface area contributed by atoms with E-state index in [2.05, 4.69) is 0 Å². The van der Waals surface area contributed by atoms with Gasteiger partial charge in [-0.15, -0.1) is 0 Å². The van der Waals surface area contributed by atoms with E-state index in [1.54, 1.807) is 36.4 Å². The molecule has 196 valence electrons. The minimum Gasteiger partial charge on any atom is -0.457 e. The molecule has 1 amide bonds. The molecule has 0 saturated heterocycles. The largest absolute Gasteiger partial charge is 0.457 e. The smallest absolute Gasteiger partial charge is 0.416 e. The van der Waals surface area contributed by atoms with Crippen LogP contribution in [-0.2, 0) is 33.7 Å². The molecule has 0 spiro atoms. The maximum Gasteiger partial charge on any atom is 0.416 e. The molecule has 0 bridgehead atoms. The van der Waals surface area contributed by atoms with E-state index in [-0.39, 0.29) is 35.7 Å². The van der Waals surface area contributed by atoms with E-state index in [0.717, 1.165) is 6.07 Å². The standard InChI is InChI=1S/C28H23F3N2O5/c1-18-26(27(35)38-17-19-8-3-2-4-9-19)23(22-12-5-6-13-24(22)28(29,30)31)15-25(34)32(18)16-20-10-7-11-21(14-20)33(36)37/h2-14,23H,15-17H2,1H3. The third-order valence-corrected chi connectivity index (χ3v) is 6.36. The molecule has 1 atom stereocenters. The Hall–Kier alpha value is -4.47. The molecule has 0 N–H and O–H groups in total. The summed E-state index contributed by atoms with van der Waals surface area (Å²) in [6.45, 7) is 1.26. The van der Waals surface area contributed by atoms with Gasteiger partial charge in [0, 0.05) is 30.2 Å². The van der Waals surface area contributed by atoms with Crippen molar-refractivity contribution in [2.24, 2.45) is 0 Å². The van der Waals surface area contributed by atoms with Crippen LogP contribution in [0.2, 0.25) is 0 Å². The molecular weight excluding hydrogens is 501 g/mol. The Bertz CT molecular complexity index is 1400. The highest BCUT2D eigenvalue weighted by molar-refractivity contribution is 5.96. The lowest BCUT2D eigenvalue weighted by atomic mass is 9.81. The third-order valence-electron chi connectivity index (χ3n) is 6.36. The van der Waals surface area contributed by atoms with Crippen LogP contribution < -0.4 is 0 Å². The molecule has 1 heterocycles. The van der Waals surface area contributed by atoms with Gasteiger partial charge in [0.2, 0.25) is 5.91 Å². The molecule has 1 aliphatic heterocycles. The number of hydrogen-bond donors (Lipinski definition) is 0. The molecule has 3 aromatic rings. The summed E-state index contributed by atoms with van der Waals surface area (Å²) in [4.78, 5) is 38.5. The summed E-state index contributed by atoms with van der Waals surface area (Å²) >= 11 is 0. The zero-order valence-corrected chi connectivity index (χ0v) is 20.3. The van der Waals surface area contributed by atoms with Crippen molar-refractivity contribution in [3.05, 3.63) is 123 Å². The molecule has 0 fully saturated rings. The van der Waals surface area contributed by atoms with Gasteiger partial charge in [0.25, 0.3) is 5.69 Å². The number of nitro groups is 1. The quantitative estimate of drug-likeness (QED) is 0.210. The number of nitro benzene ring substituents is 1. The molecule has 1 aliphatic rings. The normalized spacial score (nSPS) is 15.9. The van der Waals surface area contributed by atoms with Crippen LogP contribution in [0.1, 0.15) is 41.5 Å². The summed E-state index contributed by atoms with van der Waals surface area (Å²) in [6, 6.07) is 19.3. The second kappa shape index (κ2) is 10.9. The Morgan fingerprint density at radius 2 is 1.68 bits per heavy atom. The molecule has 0 saturated carbocycles. The summed E-state index contributed by atoms with van der Waals surface area (Å²) in [5.74, 6) is -2.55. The first-order chi connectivity index (χ1) is 18.1. The van der Waals surface area contributed by atoms with Gasteiger partial charge in [0.15, 0.2) is 0 Å². The van der Waals surface area contributed by atoms with Gasteiger partial charge in [0.05, 0.1) is 22.6 Å². The zero-order valence-electron chi connectivity index (χ0n) is 20.3. The van der Waals surface area contributed by atoms with Crippen LogP contribution in [-0.4, -0.2) is 21.7 Å². The van der Waals surface area contributed by atoms with E-state index >= 15 is 0 Å². The summed E-state index contributed by atoms with van der Waals surface area (Å²) < 4.78 is 47.1. The van der Waals surface area contributed by atoms with Gasteiger partial charge in [0.1, 0.15) is 6.61 Å².